The summed E-state index contributed by atoms with van der Waals surface area (Å²) in [6, 6.07) is 11.4. The fourth-order valence-corrected chi connectivity index (χ4v) is 5.04. The normalized spacial score (nSPS) is 31.9. The summed E-state index contributed by atoms with van der Waals surface area (Å²) in [4.78, 5) is 0. The van der Waals surface area contributed by atoms with E-state index in [1.807, 2.05) is 37.3 Å². The van der Waals surface area contributed by atoms with E-state index in [9.17, 15) is 25.5 Å². The molecule has 7 atom stereocenters. The van der Waals surface area contributed by atoms with Gasteiger partial charge in [-0.05, 0) is 67.0 Å². The molecule has 34 heavy (non-hydrogen) atoms. The Bertz CT molecular complexity index is 964. The van der Waals surface area contributed by atoms with Gasteiger partial charge in [-0.1, -0.05) is 35.9 Å². The molecule has 1 saturated heterocycles. The Morgan fingerprint density at radius 3 is 2.41 bits per heavy atom. The largest absolute Gasteiger partial charge is 0.490 e. The minimum atomic E-state index is -1.44. The smallest absolute Gasteiger partial charge is 0.119 e. The van der Waals surface area contributed by atoms with Crippen molar-refractivity contribution in [3.05, 3.63) is 63.7 Å². The van der Waals surface area contributed by atoms with Crippen molar-refractivity contribution in [2.24, 2.45) is 0 Å². The van der Waals surface area contributed by atoms with Crippen LogP contribution in [0.25, 0.3) is 0 Å². The van der Waals surface area contributed by atoms with E-state index < -0.39 is 37.1 Å². The van der Waals surface area contributed by atoms with Crippen molar-refractivity contribution >= 4 is 11.6 Å². The maximum atomic E-state index is 10.5. The standard InChI is InChI=1S/C26H33ClO7/c1-14-9-17(26-25(32)24(31)23(30)21(13-28)34-26)11-16(22(14)27)10-15-5-7-19(8-6-15)33-20-4-2-3-18(29)12-20/h5-9,11,18,20-21,23-26,28-32H,2-4,10,12-13H2,1H3/t18?,20?,21-,23-,24?,25-,26+/m1/s1. The number of aliphatic hydroxyl groups excluding tert-OH is 5. The lowest BCUT2D eigenvalue weighted by Gasteiger charge is -2.40. The summed E-state index contributed by atoms with van der Waals surface area (Å²) in [6.07, 6.45) is -2.40. The van der Waals surface area contributed by atoms with Crippen LogP contribution < -0.4 is 4.74 Å². The van der Waals surface area contributed by atoms with Crippen molar-refractivity contribution in [3.63, 3.8) is 0 Å². The number of rotatable bonds is 6. The Morgan fingerprint density at radius 1 is 1.00 bits per heavy atom. The van der Waals surface area contributed by atoms with Crippen LogP contribution in [0.5, 0.6) is 5.75 Å². The first-order chi connectivity index (χ1) is 16.3. The quantitative estimate of drug-likeness (QED) is 0.420. The molecule has 1 saturated carbocycles. The molecule has 7 nitrogen and oxygen atoms in total. The summed E-state index contributed by atoms with van der Waals surface area (Å²) in [6.45, 7) is 1.38. The monoisotopic (exact) mass is 492 g/mol. The molecule has 0 spiro atoms. The van der Waals surface area contributed by atoms with E-state index in [4.69, 9.17) is 21.1 Å². The highest BCUT2D eigenvalue weighted by molar-refractivity contribution is 6.32. The van der Waals surface area contributed by atoms with Crippen molar-refractivity contribution < 1.29 is 35.0 Å². The highest BCUT2D eigenvalue weighted by atomic mass is 35.5. The first kappa shape index (κ1) is 25.4. The van der Waals surface area contributed by atoms with Crippen LogP contribution in [0.4, 0.5) is 0 Å². The molecule has 0 aromatic heterocycles. The minimum Gasteiger partial charge on any atom is -0.490 e. The molecule has 0 bridgehead atoms. The van der Waals surface area contributed by atoms with Crippen LogP contribution in [0.1, 0.15) is 54.0 Å². The van der Waals surface area contributed by atoms with Crippen molar-refractivity contribution in [1.29, 1.82) is 0 Å². The van der Waals surface area contributed by atoms with E-state index >= 15 is 0 Å². The summed E-state index contributed by atoms with van der Waals surface area (Å²) < 4.78 is 11.8. The van der Waals surface area contributed by atoms with E-state index in [2.05, 4.69) is 0 Å². The van der Waals surface area contributed by atoms with E-state index in [0.717, 1.165) is 41.7 Å². The van der Waals surface area contributed by atoms with Crippen molar-refractivity contribution in [3.8, 4) is 5.75 Å². The fraction of sp³-hybridized carbons (Fsp3) is 0.538. The van der Waals surface area contributed by atoms with E-state index in [1.165, 1.54) is 0 Å². The molecule has 0 radical (unpaired) electrons. The number of aryl methyl sites for hydroxylation is 1. The summed E-state index contributed by atoms with van der Waals surface area (Å²) in [5.74, 6) is 0.764. The second kappa shape index (κ2) is 10.9. The molecule has 4 rings (SSSR count). The summed E-state index contributed by atoms with van der Waals surface area (Å²) in [5.41, 5.74) is 3.26. The lowest BCUT2D eigenvalue weighted by Crippen LogP contribution is -2.55. The molecular formula is C26H33ClO7. The van der Waals surface area contributed by atoms with Gasteiger partial charge in [0, 0.05) is 11.4 Å². The van der Waals surface area contributed by atoms with Crippen LogP contribution in [0, 0.1) is 6.92 Å². The predicted molar refractivity (Wildman–Crippen MR) is 127 cm³/mol. The van der Waals surface area contributed by atoms with Crippen molar-refractivity contribution in [2.45, 2.75) is 81.8 Å². The Hall–Kier alpha value is -1.71. The molecule has 2 aromatic carbocycles. The first-order valence-electron chi connectivity index (χ1n) is 11.8. The third kappa shape index (κ3) is 5.57. The molecule has 0 amide bonds. The molecule has 1 aliphatic carbocycles. The van der Waals surface area contributed by atoms with Gasteiger partial charge in [0.05, 0.1) is 12.7 Å². The van der Waals surface area contributed by atoms with E-state index in [-0.39, 0.29) is 12.2 Å². The van der Waals surface area contributed by atoms with Gasteiger partial charge in [0.15, 0.2) is 0 Å². The minimum absolute atomic E-state index is 0.0295. The second-order valence-electron chi connectivity index (χ2n) is 9.44. The predicted octanol–water partition coefficient (Wildman–Crippen LogP) is 2.44. The zero-order valence-corrected chi connectivity index (χ0v) is 19.9. The van der Waals surface area contributed by atoms with Crippen molar-refractivity contribution in [1.82, 2.24) is 0 Å². The first-order valence-corrected chi connectivity index (χ1v) is 12.2. The SMILES string of the molecule is Cc1cc([C@@H]2O[C@H](CO)[C@@H](O)C(O)[C@H]2O)cc(Cc2ccc(OC3CCCC(O)C3)cc2)c1Cl. The average molecular weight is 493 g/mol. The van der Waals surface area contributed by atoms with Gasteiger partial charge in [-0.15, -0.1) is 0 Å². The molecule has 3 unspecified atom stereocenters. The summed E-state index contributed by atoms with van der Waals surface area (Å²) in [7, 11) is 0. The number of hydrogen-bond donors (Lipinski definition) is 5. The molecule has 8 heteroatoms. The second-order valence-corrected chi connectivity index (χ2v) is 9.82. The zero-order valence-electron chi connectivity index (χ0n) is 19.2. The average Bonchev–Trinajstić information content (AvgIpc) is 2.82. The van der Waals surface area contributed by atoms with Crippen LogP contribution in [0.15, 0.2) is 36.4 Å². The van der Waals surface area contributed by atoms with E-state index in [1.54, 1.807) is 6.07 Å². The molecule has 1 aliphatic heterocycles. The fourth-order valence-electron chi connectivity index (χ4n) is 4.87. The molecular weight excluding hydrogens is 460 g/mol. The van der Waals surface area contributed by atoms with Crippen LogP contribution >= 0.6 is 11.6 Å². The lowest BCUT2D eigenvalue weighted by atomic mass is 9.89. The topological polar surface area (TPSA) is 120 Å². The van der Waals surface area contributed by atoms with Crippen LogP contribution in [-0.2, 0) is 11.2 Å². The van der Waals surface area contributed by atoms with Crippen molar-refractivity contribution in [2.75, 3.05) is 6.61 Å². The van der Waals surface area contributed by atoms with Gasteiger partial charge < -0.3 is 35.0 Å². The van der Waals surface area contributed by atoms with Gasteiger partial charge >= 0.3 is 0 Å². The third-order valence-electron chi connectivity index (χ3n) is 6.79. The number of aliphatic hydroxyl groups is 5. The maximum Gasteiger partial charge on any atom is 0.119 e. The Labute approximate surface area is 204 Å². The molecule has 2 aromatic rings. The Kier molecular flexibility index (Phi) is 8.15. The number of benzene rings is 2. The Balaban J connectivity index is 1.50. The van der Waals surface area contributed by atoms with Gasteiger partial charge in [0.25, 0.3) is 0 Å². The van der Waals surface area contributed by atoms with E-state index in [0.29, 0.717) is 23.4 Å². The number of ether oxygens (including phenoxy) is 2. The molecule has 5 N–H and O–H groups in total. The van der Waals surface area contributed by atoms with Crippen LogP contribution in [0.2, 0.25) is 5.02 Å². The Morgan fingerprint density at radius 2 is 1.74 bits per heavy atom. The van der Waals surface area contributed by atoms with Gasteiger partial charge in [-0.25, -0.2) is 0 Å². The third-order valence-corrected chi connectivity index (χ3v) is 7.33. The highest BCUT2D eigenvalue weighted by Crippen LogP contribution is 2.36. The van der Waals surface area contributed by atoms with Crippen LogP contribution in [-0.4, -0.2) is 68.8 Å². The zero-order chi connectivity index (χ0) is 24.4. The van der Waals surface area contributed by atoms with Gasteiger partial charge in [-0.3, -0.25) is 0 Å². The molecule has 2 aliphatic rings. The summed E-state index contributed by atoms with van der Waals surface area (Å²) >= 11 is 6.59. The maximum absolute atomic E-state index is 10.5. The van der Waals surface area contributed by atoms with Gasteiger partial charge in [0.1, 0.15) is 42.4 Å². The molecule has 186 valence electrons. The summed E-state index contributed by atoms with van der Waals surface area (Å²) in [5, 5.41) is 50.7. The van der Waals surface area contributed by atoms with Crippen LogP contribution in [0.3, 0.4) is 0 Å². The lowest BCUT2D eigenvalue weighted by molar-refractivity contribution is -0.231. The highest BCUT2D eigenvalue weighted by Gasteiger charge is 2.44. The molecule has 2 fully saturated rings. The number of halogens is 1. The van der Waals surface area contributed by atoms with Gasteiger partial charge in [0.2, 0.25) is 0 Å². The number of hydrogen-bond acceptors (Lipinski definition) is 7. The van der Waals surface area contributed by atoms with Gasteiger partial charge in [-0.2, -0.15) is 0 Å². The molecule has 1 heterocycles.